The molecular weight excluding hydrogens is 124 g/mol. The van der Waals surface area contributed by atoms with Crippen LogP contribution in [-0.4, -0.2) is 10.7 Å². The molecule has 1 heteroatoms. The van der Waals surface area contributed by atoms with Gasteiger partial charge in [-0.25, -0.2) is 0 Å². The summed E-state index contributed by atoms with van der Waals surface area (Å²) in [6.07, 6.45) is 10.5. The van der Waals surface area contributed by atoms with Crippen LogP contribution in [0.4, 0.5) is 0 Å². The predicted molar refractivity (Wildman–Crippen MR) is 40.6 cm³/mol. The number of rotatable bonds is 1. The maximum absolute atomic E-state index is 9.63. The fourth-order valence-electron chi connectivity index (χ4n) is 1.37. The quantitative estimate of drug-likeness (QED) is 0.582. The van der Waals surface area contributed by atoms with Crippen LogP contribution in [0.25, 0.3) is 0 Å². The van der Waals surface area contributed by atoms with Crippen LogP contribution in [0, 0.1) is 0 Å². The highest BCUT2D eigenvalue weighted by Crippen LogP contribution is 2.43. The topological polar surface area (TPSA) is 20.2 Å². The van der Waals surface area contributed by atoms with E-state index in [1.807, 2.05) is 0 Å². The summed E-state index contributed by atoms with van der Waals surface area (Å²) in [5.41, 5.74) is 0.746. The van der Waals surface area contributed by atoms with E-state index in [-0.39, 0.29) is 0 Å². The van der Waals surface area contributed by atoms with E-state index in [1.54, 1.807) is 0 Å². The van der Waals surface area contributed by atoms with Crippen molar-refractivity contribution >= 4 is 0 Å². The second-order valence-electron chi connectivity index (χ2n) is 3.17. The molecule has 0 aromatic carbocycles. The molecule has 1 fully saturated rings. The first-order valence-electron chi connectivity index (χ1n) is 3.91. The van der Waals surface area contributed by atoms with Crippen molar-refractivity contribution in [1.29, 1.82) is 0 Å². The van der Waals surface area contributed by atoms with Crippen molar-refractivity contribution in [3.05, 3.63) is 23.8 Å². The average Bonchev–Trinajstić information content (AvgIpc) is 2.72. The molecule has 0 bridgehead atoms. The Morgan fingerprint density at radius 2 is 2.10 bits per heavy atom. The van der Waals surface area contributed by atoms with E-state index in [2.05, 4.69) is 18.2 Å². The number of hydrogen-bond acceptors (Lipinski definition) is 1. The van der Waals surface area contributed by atoms with Crippen LogP contribution < -0.4 is 0 Å². The van der Waals surface area contributed by atoms with Gasteiger partial charge in [0.05, 0.1) is 5.60 Å². The summed E-state index contributed by atoms with van der Waals surface area (Å²) in [5, 5.41) is 9.63. The third-order valence-electron chi connectivity index (χ3n) is 2.26. The Balaban J connectivity index is 2.17. The van der Waals surface area contributed by atoms with E-state index < -0.39 is 5.60 Å². The Kier molecular flexibility index (Phi) is 1.21. The molecule has 0 aromatic heterocycles. The van der Waals surface area contributed by atoms with Crippen molar-refractivity contribution in [2.45, 2.75) is 31.3 Å². The van der Waals surface area contributed by atoms with Crippen molar-refractivity contribution in [2.24, 2.45) is 0 Å². The minimum atomic E-state index is -0.406. The highest BCUT2D eigenvalue weighted by Gasteiger charge is 2.42. The van der Waals surface area contributed by atoms with Gasteiger partial charge in [-0.1, -0.05) is 18.2 Å². The van der Waals surface area contributed by atoms with Gasteiger partial charge in [0, 0.05) is 0 Å². The fourth-order valence-corrected chi connectivity index (χ4v) is 1.37. The molecule has 0 atom stereocenters. The first-order valence-corrected chi connectivity index (χ1v) is 3.91. The van der Waals surface area contributed by atoms with Crippen molar-refractivity contribution in [2.75, 3.05) is 0 Å². The first kappa shape index (κ1) is 6.17. The van der Waals surface area contributed by atoms with Crippen LogP contribution in [0.5, 0.6) is 0 Å². The monoisotopic (exact) mass is 136 g/mol. The molecule has 0 unspecified atom stereocenters. The summed E-state index contributed by atoms with van der Waals surface area (Å²) < 4.78 is 0. The second kappa shape index (κ2) is 1.96. The third kappa shape index (κ3) is 0.907. The summed E-state index contributed by atoms with van der Waals surface area (Å²) in [6.45, 7) is 0. The van der Waals surface area contributed by atoms with Gasteiger partial charge >= 0.3 is 0 Å². The lowest BCUT2D eigenvalue weighted by molar-refractivity contribution is 0.192. The Morgan fingerprint density at radius 1 is 1.30 bits per heavy atom. The minimum absolute atomic E-state index is 0.406. The molecule has 0 aromatic rings. The molecule has 54 valence electrons. The van der Waals surface area contributed by atoms with Crippen molar-refractivity contribution in [3.63, 3.8) is 0 Å². The smallest absolute Gasteiger partial charge is 0.0895 e. The summed E-state index contributed by atoms with van der Waals surface area (Å²) >= 11 is 0. The van der Waals surface area contributed by atoms with Gasteiger partial charge in [0.2, 0.25) is 0 Å². The molecule has 2 aliphatic rings. The standard InChI is InChI=1S/C9H12O/c10-9(6-7-9)8-4-2-1-3-5-8/h2,4-5,10H,1,3,6-7H2. The Morgan fingerprint density at radius 3 is 2.60 bits per heavy atom. The highest BCUT2D eigenvalue weighted by molar-refractivity contribution is 5.35. The van der Waals surface area contributed by atoms with Gasteiger partial charge in [0.15, 0.2) is 0 Å². The van der Waals surface area contributed by atoms with E-state index in [1.165, 1.54) is 0 Å². The summed E-state index contributed by atoms with van der Waals surface area (Å²) in [5.74, 6) is 0. The van der Waals surface area contributed by atoms with Gasteiger partial charge in [-0.05, 0) is 31.3 Å². The minimum Gasteiger partial charge on any atom is -0.385 e. The normalized spacial score (nSPS) is 27.9. The van der Waals surface area contributed by atoms with Crippen LogP contribution in [-0.2, 0) is 0 Å². The zero-order valence-corrected chi connectivity index (χ0v) is 6.01. The zero-order valence-electron chi connectivity index (χ0n) is 6.01. The molecule has 0 radical (unpaired) electrons. The summed E-state index contributed by atoms with van der Waals surface area (Å²) in [4.78, 5) is 0. The first-order chi connectivity index (χ1) is 4.81. The van der Waals surface area contributed by atoms with Crippen LogP contribution in [0.2, 0.25) is 0 Å². The SMILES string of the molecule is OC1(C2=CCCC=C2)CC1. The number of allylic oxidation sites excluding steroid dienone is 2. The fraction of sp³-hybridized carbons (Fsp3) is 0.556. The molecule has 1 N–H and O–H groups in total. The maximum atomic E-state index is 9.63. The number of hydrogen-bond donors (Lipinski definition) is 1. The predicted octanol–water partition coefficient (Wildman–Crippen LogP) is 1.79. The van der Waals surface area contributed by atoms with Crippen LogP contribution in [0.1, 0.15) is 25.7 Å². The Hall–Kier alpha value is -0.560. The molecule has 2 aliphatic carbocycles. The van der Waals surface area contributed by atoms with Crippen molar-refractivity contribution in [1.82, 2.24) is 0 Å². The van der Waals surface area contributed by atoms with E-state index in [4.69, 9.17) is 0 Å². The molecule has 0 saturated heterocycles. The van der Waals surface area contributed by atoms with E-state index in [9.17, 15) is 5.11 Å². The molecule has 0 aliphatic heterocycles. The molecule has 1 nitrogen and oxygen atoms in total. The summed E-state index contributed by atoms with van der Waals surface area (Å²) in [6, 6.07) is 0. The summed E-state index contributed by atoms with van der Waals surface area (Å²) in [7, 11) is 0. The maximum Gasteiger partial charge on any atom is 0.0895 e. The zero-order chi connectivity index (χ0) is 7.03. The van der Waals surface area contributed by atoms with E-state index >= 15 is 0 Å². The van der Waals surface area contributed by atoms with Crippen molar-refractivity contribution < 1.29 is 5.11 Å². The second-order valence-corrected chi connectivity index (χ2v) is 3.17. The van der Waals surface area contributed by atoms with Gasteiger partial charge in [-0.3, -0.25) is 0 Å². The third-order valence-corrected chi connectivity index (χ3v) is 2.26. The lowest BCUT2D eigenvalue weighted by atomic mass is 10.0. The molecule has 0 amide bonds. The Bertz CT molecular complexity index is 197. The van der Waals surface area contributed by atoms with Gasteiger partial charge in [-0.15, -0.1) is 0 Å². The largest absolute Gasteiger partial charge is 0.385 e. The molecule has 10 heavy (non-hydrogen) atoms. The van der Waals surface area contributed by atoms with E-state index in [0.29, 0.717) is 0 Å². The van der Waals surface area contributed by atoms with Gasteiger partial charge in [0.1, 0.15) is 0 Å². The van der Waals surface area contributed by atoms with Crippen LogP contribution in [0.3, 0.4) is 0 Å². The van der Waals surface area contributed by atoms with Gasteiger partial charge in [0.25, 0.3) is 0 Å². The lowest BCUT2D eigenvalue weighted by Gasteiger charge is -2.11. The number of aliphatic hydroxyl groups is 1. The molecular formula is C9H12O. The molecule has 2 rings (SSSR count). The lowest BCUT2D eigenvalue weighted by Crippen LogP contribution is -2.09. The van der Waals surface area contributed by atoms with Crippen LogP contribution >= 0.6 is 0 Å². The highest BCUT2D eigenvalue weighted by atomic mass is 16.3. The van der Waals surface area contributed by atoms with E-state index in [0.717, 1.165) is 31.3 Å². The van der Waals surface area contributed by atoms with Gasteiger partial charge in [-0.2, -0.15) is 0 Å². The Labute approximate surface area is 61.1 Å². The molecule has 1 saturated carbocycles. The molecule has 0 heterocycles. The van der Waals surface area contributed by atoms with Crippen LogP contribution in [0.15, 0.2) is 23.8 Å². The molecule has 0 spiro atoms. The van der Waals surface area contributed by atoms with Crippen molar-refractivity contribution in [3.8, 4) is 0 Å². The van der Waals surface area contributed by atoms with Gasteiger partial charge < -0.3 is 5.11 Å². The average molecular weight is 136 g/mol.